The molecule has 0 saturated heterocycles. The van der Waals surface area contributed by atoms with Gasteiger partial charge in [0.15, 0.2) is 0 Å². The fourth-order valence-corrected chi connectivity index (χ4v) is 1.76. The molecule has 7 nitrogen and oxygen atoms in total. The van der Waals surface area contributed by atoms with E-state index in [0.29, 0.717) is 23.2 Å². The lowest BCUT2D eigenvalue weighted by atomic mass is 10.2. The number of aromatic amines is 1. The molecule has 2 aromatic rings. The van der Waals surface area contributed by atoms with Crippen molar-refractivity contribution >= 4 is 28.5 Å². The molecule has 0 spiro atoms. The number of aromatic nitrogens is 2. The molecule has 1 heterocycles. The van der Waals surface area contributed by atoms with Gasteiger partial charge in [-0.2, -0.15) is 0 Å². The van der Waals surface area contributed by atoms with Gasteiger partial charge >= 0.3 is 5.97 Å². The molecule has 0 saturated carbocycles. The molecule has 0 amide bonds. The SMILES string of the molecule is CCOC(=O)C(C)Nc1nc2ccc(N)cc2c(=O)[nH]1. The Morgan fingerprint density at radius 1 is 1.55 bits per heavy atom. The van der Waals surface area contributed by atoms with E-state index in [1.54, 1.807) is 32.0 Å². The second-order valence-corrected chi connectivity index (χ2v) is 4.31. The molecule has 0 bridgehead atoms. The summed E-state index contributed by atoms with van der Waals surface area (Å²) in [4.78, 5) is 30.2. The molecule has 4 N–H and O–H groups in total. The minimum atomic E-state index is -0.607. The van der Waals surface area contributed by atoms with Crippen molar-refractivity contribution in [3.63, 3.8) is 0 Å². The first-order chi connectivity index (χ1) is 9.51. The van der Waals surface area contributed by atoms with Gasteiger partial charge in [-0.3, -0.25) is 9.78 Å². The number of nitrogens with zero attached hydrogens (tertiary/aromatic N) is 1. The van der Waals surface area contributed by atoms with Crippen LogP contribution < -0.4 is 16.6 Å². The third kappa shape index (κ3) is 2.87. The highest BCUT2D eigenvalue weighted by atomic mass is 16.5. The number of nitrogen functional groups attached to an aromatic ring is 1. The van der Waals surface area contributed by atoms with Crippen LogP contribution in [0.3, 0.4) is 0 Å². The number of hydrogen-bond donors (Lipinski definition) is 3. The predicted molar refractivity (Wildman–Crippen MR) is 76.5 cm³/mol. The van der Waals surface area contributed by atoms with Crippen LogP contribution in [0.2, 0.25) is 0 Å². The summed E-state index contributed by atoms with van der Waals surface area (Å²) in [6, 6.07) is 4.26. The molecule has 2 rings (SSSR count). The van der Waals surface area contributed by atoms with Gasteiger partial charge in [0.05, 0.1) is 17.5 Å². The van der Waals surface area contributed by atoms with Crippen LogP contribution in [0.1, 0.15) is 13.8 Å². The standard InChI is InChI=1S/C13H16N4O3/c1-3-20-12(19)7(2)15-13-16-10-5-4-8(14)6-9(10)11(18)17-13/h4-7H,3,14H2,1-2H3,(H2,15,16,17,18). The van der Waals surface area contributed by atoms with Crippen LogP contribution in [0, 0.1) is 0 Å². The van der Waals surface area contributed by atoms with Gasteiger partial charge in [-0.05, 0) is 32.0 Å². The Hall–Kier alpha value is -2.57. The van der Waals surface area contributed by atoms with Crippen molar-refractivity contribution < 1.29 is 9.53 Å². The second-order valence-electron chi connectivity index (χ2n) is 4.31. The number of benzene rings is 1. The molecule has 0 aliphatic rings. The molecule has 1 atom stereocenters. The average Bonchev–Trinajstić information content (AvgIpc) is 2.40. The number of esters is 1. The summed E-state index contributed by atoms with van der Waals surface area (Å²) in [6.07, 6.45) is 0. The van der Waals surface area contributed by atoms with Gasteiger partial charge in [0.2, 0.25) is 5.95 Å². The van der Waals surface area contributed by atoms with E-state index in [9.17, 15) is 9.59 Å². The average molecular weight is 276 g/mol. The van der Waals surface area contributed by atoms with Gasteiger partial charge in [-0.1, -0.05) is 0 Å². The van der Waals surface area contributed by atoms with E-state index in [4.69, 9.17) is 10.5 Å². The van der Waals surface area contributed by atoms with Crippen LogP contribution in [0.15, 0.2) is 23.0 Å². The zero-order chi connectivity index (χ0) is 14.7. The van der Waals surface area contributed by atoms with Crippen molar-refractivity contribution in [2.24, 2.45) is 0 Å². The van der Waals surface area contributed by atoms with Gasteiger partial charge in [-0.15, -0.1) is 0 Å². The lowest BCUT2D eigenvalue weighted by Gasteiger charge is -2.13. The normalized spacial score (nSPS) is 12.1. The minimum absolute atomic E-state index is 0.216. The zero-order valence-electron chi connectivity index (χ0n) is 11.3. The zero-order valence-corrected chi connectivity index (χ0v) is 11.3. The highest BCUT2D eigenvalue weighted by Crippen LogP contribution is 2.13. The summed E-state index contributed by atoms with van der Waals surface area (Å²) in [5, 5.41) is 3.20. The molecule has 106 valence electrons. The Balaban J connectivity index is 2.30. The van der Waals surface area contributed by atoms with E-state index in [0.717, 1.165) is 0 Å². The van der Waals surface area contributed by atoms with Crippen LogP contribution >= 0.6 is 0 Å². The molecule has 1 unspecified atom stereocenters. The van der Waals surface area contributed by atoms with E-state index in [2.05, 4.69) is 15.3 Å². The van der Waals surface area contributed by atoms with Gasteiger partial charge in [0.1, 0.15) is 6.04 Å². The van der Waals surface area contributed by atoms with E-state index in [-0.39, 0.29) is 11.5 Å². The highest BCUT2D eigenvalue weighted by molar-refractivity contribution is 5.82. The molecule has 1 aromatic heterocycles. The van der Waals surface area contributed by atoms with E-state index >= 15 is 0 Å². The second kappa shape index (κ2) is 5.60. The number of nitrogens with one attached hydrogen (secondary N) is 2. The van der Waals surface area contributed by atoms with Crippen molar-refractivity contribution in [1.82, 2.24) is 9.97 Å². The largest absolute Gasteiger partial charge is 0.464 e. The van der Waals surface area contributed by atoms with Crippen LogP contribution in [-0.4, -0.2) is 28.6 Å². The predicted octanol–water partition coefficient (Wildman–Crippen LogP) is 0.869. The van der Waals surface area contributed by atoms with Crippen LogP contribution in [0.25, 0.3) is 10.9 Å². The summed E-state index contributed by atoms with van der Waals surface area (Å²) in [5.41, 5.74) is 6.30. The van der Waals surface area contributed by atoms with E-state index in [1.165, 1.54) is 0 Å². The van der Waals surface area contributed by atoms with Crippen molar-refractivity contribution in [2.45, 2.75) is 19.9 Å². The van der Waals surface area contributed by atoms with Crippen LogP contribution in [0.5, 0.6) is 0 Å². The van der Waals surface area contributed by atoms with Gasteiger partial charge < -0.3 is 15.8 Å². The summed E-state index contributed by atoms with van der Waals surface area (Å²) in [6.45, 7) is 3.65. The van der Waals surface area contributed by atoms with Crippen molar-refractivity contribution in [1.29, 1.82) is 0 Å². The van der Waals surface area contributed by atoms with E-state index in [1.807, 2.05) is 0 Å². The lowest BCUT2D eigenvalue weighted by molar-refractivity contribution is -0.143. The Morgan fingerprint density at radius 2 is 2.30 bits per heavy atom. The molecule has 0 fully saturated rings. The number of H-pyrrole nitrogens is 1. The molecular weight excluding hydrogens is 260 g/mol. The van der Waals surface area contributed by atoms with Crippen molar-refractivity contribution in [3.05, 3.63) is 28.6 Å². The third-order valence-corrected chi connectivity index (χ3v) is 2.72. The fraction of sp³-hybridized carbons (Fsp3) is 0.308. The summed E-state index contributed by atoms with van der Waals surface area (Å²) >= 11 is 0. The number of fused-ring (bicyclic) bond motifs is 1. The maximum Gasteiger partial charge on any atom is 0.328 e. The van der Waals surface area contributed by atoms with Gasteiger partial charge in [0, 0.05) is 5.69 Å². The first kappa shape index (κ1) is 13.9. The molecule has 20 heavy (non-hydrogen) atoms. The molecule has 1 aromatic carbocycles. The van der Waals surface area contributed by atoms with Crippen LogP contribution in [0.4, 0.5) is 11.6 Å². The van der Waals surface area contributed by atoms with E-state index < -0.39 is 12.0 Å². The highest BCUT2D eigenvalue weighted by Gasteiger charge is 2.15. The van der Waals surface area contributed by atoms with Crippen LogP contribution in [-0.2, 0) is 9.53 Å². The Kier molecular flexibility index (Phi) is 3.88. The lowest BCUT2D eigenvalue weighted by Crippen LogP contribution is -2.30. The summed E-state index contributed by atoms with van der Waals surface area (Å²) in [5.74, 6) is -0.194. The first-order valence-electron chi connectivity index (χ1n) is 6.24. The fourth-order valence-electron chi connectivity index (χ4n) is 1.76. The summed E-state index contributed by atoms with van der Waals surface area (Å²) in [7, 11) is 0. The number of carbonyl (C=O) groups is 1. The summed E-state index contributed by atoms with van der Waals surface area (Å²) < 4.78 is 4.87. The number of hydrogen-bond acceptors (Lipinski definition) is 6. The Morgan fingerprint density at radius 3 is 3.00 bits per heavy atom. The number of nitrogens with two attached hydrogens (primary N) is 1. The number of ether oxygens (including phenoxy) is 1. The van der Waals surface area contributed by atoms with Gasteiger partial charge in [-0.25, -0.2) is 9.78 Å². The molecule has 7 heteroatoms. The Labute approximate surface area is 115 Å². The molecule has 0 aliphatic heterocycles. The quantitative estimate of drug-likeness (QED) is 0.564. The third-order valence-electron chi connectivity index (χ3n) is 2.72. The molecule has 0 aliphatic carbocycles. The minimum Gasteiger partial charge on any atom is -0.464 e. The smallest absolute Gasteiger partial charge is 0.328 e. The van der Waals surface area contributed by atoms with Crippen molar-refractivity contribution in [2.75, 3.05) is 17.7 Å². The number of rotatable bonds is 4. The Bertz CT molecular complexity index is 696. The number of carbonyl (C=O) groups excluding carboxylic acids is 1. The van der Waals surface area contributed by atoms with Gasteiger partial charge in [0.25, 0.3) is 5.56 Å². The molecule has 0 radical (unpaired) electrons. The molecular formula is C13H16N4O3. The maximum absolute atomic E-state index is 11.9. The monoisotopic (exact) mass is 276 g/mol. The maximum atomic E-state index is 11.9. The van der Waals surface area contributed by atoms with Crippen molar-refractivity contribution in [3.8, 4) is 0 Å². The topological polar surface area (TPSA) is 110 Å². The first-order valence-corrected chi connectivity index (χ1v) is 6.24. The number of anilines is 2.